The summed E-state index contributed by atoms with van der Waals surface area (Å²) in [7, 11) is 0. The van der Waals surface area contributed by atoms with Crippen molar-refractivity contribution in [3.63, 3.8) is 0 Å². The van der Waals surface area contributed by atoms with Gasteiger partial charge in [-0.3, -0.25) is 4.90 Å². The van der Waals surface area contributed by atoms with E-state index in [1.165, 1.54) is 23.9 Å². The highest BCUT2D eigenvalue weighted by Crippen LogP contribution is 2.32. The molecule has 0 radical (unpaired) electrons. The third-order valence-corrected chi connectivity index (χ3v) is 5.57. The van der Waals surface area contributed by atoms with Gasteiger partial charge in [0.05, 0.1) is 11.0 Å². The van der Waals surface area contributed by atoms with Gasteiger partial charge in [0.15, 0.2) is 5.16 Å². The van der Waals surface area contributed by atoms with Crippen LogP contribution < -0.4 is 0 Å². The molecule has 2 aromatic carbocycles. The van der Waals surface area contributed by atoms with Crippen molar-refractivity contribution in [1.29, 1.82) is 0 Å². The van der Waals surface area contributed by atoms with Gasteiger partial charge in [0, 0.05) is 25.7 Å². The lowest BCUT2D eigenvalue weighted by Gasteiger charge is -2.33. The summed E-state index contributed by atoms with van der Waals surface area (Å²) in [6.45, 7) is 3.37. The first-order valence-corrected chi connectivity index (χ1v) is 9.85. The molecule has 1 saturated heterocycles. The van der Waals surface area contributed by atoms with Crippen molar-refractivity contribution in [3.8, 4) is 0 Å². The average molecular weight is 337 g/mol. The van der Waals surface area contributed by atoms with Gasteiger partial charge in [0.2, 0.25) is 0 Å². The van der Waals surface area contributed by atoms with Crippen LogP contribution in [0.2, 0.25) is 0 Å². The maximum atomic E-state index is 4.81. The van der Waals surface area contributed by atoms with Crippen LogP contribution in [0.25, 0.3) is 11.0 Å². The molecule has 1 fully saturated rings. The molecule has 0 spiro atoms. The first-order valence-electron chi connectivity index (χ1n) is 8.62. The molecule has 3 aromatic rings. The van der Waals surface area contributed by atoms with E-state index in [0.717, 1.165) is 30.3 Å². The number of rotatable bonds is 4. The standard InChI is InChI=1S/C20H23N3S/c1-24-20-21-18-9-5-6-10-19(18)23(20)17-11-13-22(14-12-17)15-16-7-3-2-4-8-16/h2-10,17H,11-15H2,1H3. The van der Waals surface area contributed by atoms with Crippen molar-refractivity contribution in [3.05, 3.63) is 60.2 Å². The Morgan fingerprint density at radius 3 is 2.46 bits per heavy atom. The van der Waals surface area contributed by atoms with Crippen LogP contribution in [0.15, 0.2) is 59.8 Å². The minimum Gasteiger partial charge on any atom is -0.316 e. The molecule has 0 atom stereocenters. The van der Waals surface area contributed by atoms with E-state index in [4.69, 9.17) is 4.98 Å². The molecule has 0 aliphatic carbocycles. The van der Waals surface area contributed by atoms with E-state index in [9.17, 15) is 0 Å². The molecule has 0 amide bonds. The van der Waals surface area contributed by atoms with E-state index in [-0.39, 0.29) is 0 Å². The van der Waals surface area contributed by atoms with Gasteiger partial charge in [-0.25, -0.2) is 4.98 Å². The first kappa shape index (κ1) is 15.7. The van der Waals surface area contributed by atoms with Gasteiger partial charge >= 0.3 is 0 Å². The van der Waals surface area contributed by atoms with Crippen LogP contribution in [0.1, 0.15) is 24.4 Å². The first-order chi connectivity index (χ1) is 11.8. The van der Waals surface area contributed by atoms with Crippen LogP contribution in [0.4, 0.5) is 0 Å². The maximum absolute atomic E-state index is 4.81. The van der Waals surface area contributed by atoms with Crippen LogP contribution in [-0.2, 0) is 6.54 Å². The summed E-state index contributed by atoms with van der Waals surface area (Å²) in [5.74, 6) is 0. The predicted molar refractivity (Wildman–Crippen MR) is 102 cm³/mol. The highest BCUT2D eigenvalue weighted by Gasteiger charge is 2.24. The molecular weight excluding hydrogens is 314 g/mol. The molecule has 0 unspecified atom stereocenters. The second kappa shape index (κ2) is 6.99. The SMILES string of the molecule is CSc1nc2ccccc2n1C1CCN(Cc2ccccc2)CC1. The van der Waals surface area contributed by atoms with Gasteiger partial charge in [-0.05, 0) is 36.8 Å². The lowest BCUT2D eigenvalue weighted by molar-refractivity contribution is 0.177. The van der Waals surface area contributed by atoms with E-state index in [0.29, 0.717) is 6.04 Å². The van der Waals surface area contributed by atoms with Crippen LogP contribution in [0.3, 0.4) is 0 Å². The molecule has 4 rings (SSSR count). The molecule has 24 heavy (non-hydrogen) atoms. The van der Waals surface area contributed by atoms with Crippen LogP contribution in [-0.4, -0.2) is 33.8 Å². The highest BCUT2D eigenvalue weighted by atomic mass is 32.2. The zero-order valence-corrected chi connectivity index (χ0v) is 14.9. The molecular formula is C20H23N3S. The number of para-hydroxylation sites is 2. The number of piperidine rings is 1. The number of fused-ring (bicyclic) bond motifs is 1. The lowest BCUT2D eigenvalue weighted by atomic mass is 10.0. The summed E-state index contributed by atoms with van der Waals surface area (Å²) in [5, 5.41) is 1.15. The lowest BCUT2D eigenvalue weighted by Crippen LogP contribution is -2.34. The summed E-state index contributed by atoms with van der Waals surface area (Å²) in [6.07, 6.45) is 4.52. The Balaban J connectivity index is 1.50. The number of hydrogen-bond acceptors (Lipinski definition) is 3. The molecule has 0 N–H and O–H groups in total. The van der Waals surface area contributed by atoms with Gasteiger partial charge < -0.3 is 4.57 Å². The van der Waals surface area contributed by atoms with Gasteiger partial charge in [-0.2, -0.15) is 0 Å². The minimum absolute atomic E-state index is 0.562. The largest absolute Gasteiger partial charge is 0.316 e. The Morgan fingerprint density at radius 1 is 1.00 bits per heavy atom. The fourth-order valence-electron chi connectivity index (χ4n) is 3.70. The van der Waals surface area contributed by atoms with Crippen molar-refractivity contribution in [2.75, 3.05) is 19.3 Å². The van der Waals surface area contributed by atoms with Gasteiger partial charge in [-0.1, -0.05) is 54.2 Å². The Labute approximate surface area is 147 Å². The van der Waals surface area contributed by atoms with Gasteiger partial charge in [0.25, 0.3) is 0 Å². The molecule has 0 bridgehead atoms. The van der Waals surface area contributed by atoms with Crippen molar-refractivity contribution < 1.29 is 0 Å². The van der Waals surface area contributed by atoms with Crippen LogP contribution in [0, 0.1) is 0 Å². The van der Waals surface area contributed by atoms with Gasteiger partial charge in [-0.15, -0.1) is 0 Å². The molecule has 1 aliphatic rings. The summed E-state index contributed by atoms with van der Waals surface area (Å²) < 4.78 is 2.47. The Morgan fingerprint density at radius 2 is 1.71 bits per heavy atom. The average Bonchev–Trinajstić information content (AvgIpc) is 3.02. The molecule has 124 valence electrons. The normalized spacial score (nSPS) is 16.7. The quantitative estimate of drug-likeness (QED) is 0.650. The highest BCUT2D eigenvalue weighted by molar-refractivity contribution is 7.98. The van der Waals surface area contributed by atoms with Crippen LogP contribution in [0.5, 0.6) is 0 Å². The molecule has 0 saturated carbocycles. The van der Waals surface area contributed by atoms with E-state index in [1.807, 2.05) is 0 Å². The number of aromatic nitrogens is 2. The van der Waals surface area contributed by atoms with Crippen molar-refractivity contribution >= 4 is 22.8 Å². The smallest absolute Gasteiger partial charge is 0.169 e. The fourth-order valence-corrected chi connectivity index (χ4v) is 4.33. The minimum atomic E-state index is 0.562. The third-order valence-electron chi connectivity index (χ3n) is 4.92. The summed E-state index contributed by atoms with van der Waals surface area (Å²) in [4.78, 5) is 7.38. The number of benzene rings is 2. The van der Waals surface area contributed by atoms with E-state index >= 15 is 0 Å². The third kappa shape index (κ3) is 3.08. The van der Waals surface area contributed by atoms with Crippen molar-refractivity contribution in [1.82, 2.24) is 14.5 Å². The van der Waals surface area contributed by atoms with Crippen molar-refractivity contribution in [2.45, 2.75) is 30.6 Å². The maximum Gasteiger partial charge on any atom is 0.169 e. The second-order valence-corrected chi connectivity index (χ2v) is 7.22. The number of likely N-dealkylation sites (tertiary alicyclic amines) is 1. The predicted octanol–water partition coefficient (Wildman–Crippen LogP) is 4.60. The molecule has 1 aliphatic heterocycles. The molecule has 2 heterocycles. The molecule has 1 aromatic heterocycles. The molecule has 3 nitrogen and oxygen atoms in total. The topological polar surface area (TPSA) is 21.1 Å². The van der Waals surface area contributed by atoms with E-state index in [2.05, 4.69) is 70.3 Å². The number of imidazole rings is 1. The number of nitrogens with zero attached hydrogens (tertiary/aromatic N) is 3. The number of thioether (sulfide) groups is 1. The Kier molecular flexibility index (Phi) is 4.58. The monoisotopic (exact) mass is 337 g/mol. The zero-order valence-electron chi connectivity index (χ0n) is 14.1. The van der Waals surface area contributed by atoms with Crippen molar-refractivity contribution in [2.24, 2.45) is 0 Å². The summed E-state index contributed by atoms with van der Waals surface area (Å²) in [6, 6.07) is 19.9. The second-order valence-electron chi connectivity index (χ2n) is 6.45. The van der Waals surface area contributed by atoms with E-state index in [1.54, 1.807) is 11.8 Å². The Hall–Kier alpha value is -1.78. The molecule has 4 heteroatoms. The fraction of sp³-hybridized carbons (Fsp3) is 0.350. The summed E-state index contributed by atoms with van der Waals surface area (Å²) >= 11 is 1.76. The van der Waals surface area contributed by atoms with Crippen LogP contribution >= 0.6 is 11.8 Å². The van der Waals surface area contributed by atoms with E-state index < -0.39 is 0 Å². The zero-order chi connectivity index (χ0) is 16.4. The van der Waals surface area contributed by atoms with Gasteiger partial charge in [0.1, 0.15) is 0 Å². The summed E-state index contributed by atoms with van der Waals surface area (Å²) in [5.41, 5.74) is 3.81. The number of hydrogen-bond donors (Lipinski definition) is 0. The Bertz CT molecular complexity index is 804.